The van der Waals surface area contributed by atoms with E-state index in [1.54, 1.807) is 6.33 Å². The van der Waals surface area contributed by atoms with Crippen LogP contribution in [0.5, 0.6) is 0 Å². The maximum Gasteiger partial charge on any atom is 0.230 e. The molecule has 0 unspecified atom stereocenters. The minimum atomic E-state index is -0.0538. The van der Waals surface area contributed by atoms with Crippen LogP contribution in [-0.2, 0) is 11.2 Å². The summed E-state index contributed by atoms with van der Waals surface area (Å²) in [6.07, 6.45) is 5.93. The first-order chi connectivity index (χ1) is 11.7. The van der Waals surface area contributed by atoms with Crippen molar-refractivity contribution < 1.29 is 4.79 Å². The fraction of sp³-hybridized carbons (Fsp3) is 0.263. The Kier molecular flexibility index (Phi) is 3.78. The Morgan fingerprint density at radius 1 is 1.21 bits per heavy atom. The summed E-state index contributed by atoms with van der Waals surface area (Å²) in [5.74, 6) is 0.544. The number of anilines is 1. The molecule has 3 N–H and O–H groups in total. The molecule has 1 heterocycles. The van der Waals surface area contributed by atoms with E-state index in [1.807, 2.05) is 41.1 Å². The van der Waals surface area contributed by atoms with Gasteiger partial charge in [0, 0.05) is 18.3 Å². The summed E-state index contributed by atoms with van der Waals surface area (Å²) in [5.41, 5.74) is 6.84. The molecule has 1 aliphatic carbocycles. The summed E-state index contributed by atoms with van der Waals surface area (Å²) in [4.78, 5) is 16.6. The number of carbonyl (C=O) groups is 1. The maximum absolute atomic E-state index is 12.4. The standard InChI is InChI=1S/C19H20N4O/c20-15-9-16(10-15)23-11-18(21-12-23)22-19(24)8-14-6-3-5-13-4-1-2-7-17(13)14/h1-7,11-12,15-16H,8-10,20H2,(H,22,24)/t15-,16+. The van der Waals surface area contributed by atoms with Crippen LogP contribution in [0.1, 0.15) is 24.4 Å². The van der Waals surface area contributed by atoms with Crippen molar-refractivity contribution in [3.63, 3.8) is 0 Å². The molecule has 1 aromatic heterocycles. The number of amides is 1. The topological polar surface area (TPSA) is 72.9 Å². The Morgan fingerprint density at radius 3 is 2.83 bits per heavy atom. The SMILES string of the molecule is N[C@H]1C[C@@H](n2cnc(NC(=O)Cc3cccc4ccccc34)c2)C1. The summed E-state index contributed by atoms with van der Waals surface area (Å²) in [6, 6.07) is 14.9. The van der Waals surface area contributed by atoms with Crippen LogP contribution in [0.4, 0.5) is 5.82 Å². The highest BCUT2D eigenvalue weighted by atomic mass is 16.1. The number of nitrogens with two attached hydrogens (primary N) is 1. The molecule has 5 nitrogen and oxygen atoms in total. The van der Waals surface area contributed by atoms with Crippen LogP contribution in [0.3, 0.4) is 0 Å². The Balaban J connectivity index is 1.45. The number of nitrogens with one attached hydrogen (secondary N) is 1. The van der Waals surface area contributed by atoms with Crippen molar-refractivity contribution in [3.8, 4) is 0 Å². The Labute approximate surface area is 140 Å². The highest BCUT2D eigenvalue weighted by molar-refractivity contribution is 5.95. The molecule has 0 bridgehead atoms. The quantitative estimate of drug-likeness (QED) is 0.776. The van der Waals surface area contributed by atoms with Crippen molar-refractivity contribution in [3.05, 3.63) is 60.6 Å². The van der Waals surface area contributed by atoms with Crippen LogP contribution < -0.4 is 11.1 Å². The molecule has 122 valence electrons. The lowest BCUT2D eigenvalue weighted by Crippen LogP contribution is -2.37. The Hall–Kier alpha value is -2.66. The van der Waals surface area contributed by atoms with E-state index in [-0.39, 0.29) is 5.91 Å². The second-order valence-corrected chi connectivity index (χ2v) is 6.45. The fourth-order valence-electron chi connectivity index (χ4n) is 3.28. The lowest BCUT2D eigenvalue weighted by molar-refractivity contribution is -0.115. The van der Waals surface area contributed by atoms with E-state index in [9.17, 15) is 4.79 Å². The van der Waals surface area contributed by atoms with Gasteiger partial charge in [-0.2, -0.15) is 0 Å². The monoisotopic (exact) mass is 320 g/mol. The second-order valence-electron chi connectivity index (χ2n) is 6.45. The molecule has 0 saturated heterocycles. The van der Waals surface area contributed by atoms with E-state index in [0.717, 1.165) is 29.2 Å². The number of carbonyl (C=O) groups excluding carboxylic acids is 1. The van der Waals surface area contributed by atoms with Gasteiger partial charge in [0.25, 0.3) is 0 Å². The third-order valence-electron chi connectivity index (χ3n) is 4.67. The normalized spacial score (nSPS) is 19.9. The van der Waals surface area contributed by atoms with Gasteiger partial charge in [0.2, 0.25) is 5.91 Å². The zero-order valence-corrected chi connectivity index (χ0v) is 13.4. The fourth-order valence-corrected chi connectivity index (χ4v) is 3.28. The summed E-state index contributed by atoms with van der Waals surface area (Å²) in [7, 11) is 0. The van der Waals surface area contributed by atoms with Crippen LogP contribution in [0.2, 0.25) is 0 Å². The number of hydrogen-bond donors (Lipinski definition) is 2. The molecule has 1 amide bonds. The molecule has 3 aromatic rings. The highest BCUT2D eigenvalue weighted by Gasteiger charge is 2.27. The Bertz CT molecular complexity index is 874. The van der Waals surface area contributed by atoms with Crippen LogP contribution in [-0.4, -0.2) is 21.5 Å². The van der Waals surface area contributed by atoms with Gasteiger partial charge in [0.05, 0.1) is 12.7 Å². The molecule has 0 aliphatic heterocycles. The largest absolute Gasteiger partial charge is 0.332 e. The van der Waals surface area contributed by atoms with E-state index in [4.69, 9.17) is 5.73 Å². The van der Waals surface area contributed by atoms with Crippen LogP contribution in [0, 0.1) is 0 Å². The first-order valence-electron chi connectivity index (χ1n) is 8.24. The van der Waals surface area contributed by atoms with Gasteiger partial charge in [-0.05, 0) is 29.2 Å². The number of benzene rings is 2. The van der Waals surface area contributed by atoms with E-state index < -0.39 is 0 Å². The molecule has 1 aliphatic rings. The number of aromatic nitrogens is 2. The molecule has 0 radical (unpaired) electrons. The van der Waals surface area contributed by atoms with E-state index >= 15 is 0 Å². The van der Waals surface area contributed by atoms with E-state index in [1.165, 1.54) is 0 Å². The van der Waals surface area contributed by atoms with Crippen LogP contribution >= 0.6 is 0 Å². The first-order valence-corrected chi connectivity index (χ1v) is 8.24. The van der Waals surface area contributed by atoms with Gasteiger partial charge < -0.3 is 15.6 Å². The predicted molar refractivity (Wildman–Crippen MR) is 94.8 cm³/mol. The molecule has 0 atom stereocenters. The molecule has 5 heteroatoms. The van der Waals surface area contributed by atoms with E-state index in [2.05, 4.69) is 22.4 Å². The predicted octanol–water partition coefficient (Wildman–Crippen LogP) is 2.88. The van der Waals surface area contributed by atoms with Gasteiger partial charge in [-0.1, -0.05) is 42.5 Å². The van der Waals surface area contributed by atoms with Gasteiger partial charge in [-0.3, -0.25) is 4.79 Å². The molecule has 1 fully saturated rings. The van der Waals surface area contributed by atoms with Gasteiger partial charge in [-0.15, -0.1) is 0 Å². The van der Waals surface area contributed by atoms with Crippen molar-refractivity contribution in [2.24, 2.45) is 5.73 Å². The van der Waals surface area contributed by atoms with Crippen molar-refractivity contribution in [1.82, 2.24) is 9.55 Å². The Morgan fingerprint density at radius 2 is 2.00 bits per heavy atom. The smallest absolute Gasteiger partial charge is 0.230 e. The number of nitrogens with zero attached hydrogens (tertiary/aromatic N) is 2. The van der Waals surface area contributed by atoms with Crippen LogP contribution in [0.25, 0.3) is 10.8 Å². The summed E-state index contributed by atoms with van der Waals surface area (Å²) < 4.78 is 2.04. The van der Waals surface area contributed by atoms with Crippen molar-refractivity contribution >= 4 is 22.5 Å². The van der Waals surface area contributed by atoms with Crippen molar-refractivity contribution in [2.45, 2.75) is 31.3 Å². The first kappa shape index (κ1) is 14.9. The maximum atomic E-state index is 12.4. The van der Waals surface area contributed by atoms with Gasteiger partial charge >= 0.3 is 0 Å². The third kappa shape index (κ3) is 2.90. The zero-order valence-electron chi connectivity index (χ0n) is 13.4. The average Bonchev–Trinajstić information content (AvgIpc) is 3.00. The number of imidazole rings is 1. The minimum absolute atomic E-state index is 0.0538. The zero-order chi connectivity index (χ0) is 16.5. The van der Waals surface area contributed by atoms with Crippen LogP contribution in [0.15, 0.2) is 55.0 Å². The average molecular weight is 320 g/mol. The number of rotatable bonds is 4. The van der Waals surface area contributed by atoms with Crippen molar-refractivity contribution in [1.29, 1.82) is 0 Å². The summed E-state index contributed by atoms with van der Waals surface area (Å²) >= 11 is 0. The lowest BCUT2D eigenvalue weighted by atomic mass is 9.87. The highest BCUT2D eigenvalue weighted by Crippen LogP contribution is 2.31. The van der Waals surface area contributed by atoms with E-state index in [0.29, 0.717) is 24.3 Å². The third-order valence-corrected chi connectivity index (χ3v) is 4.67. The molecular weight excluding hydrogens is 300 g/mol. The van der Waals surface area contributed by atoms with Gasteiger partial charge in [0.15, 0.2) is 5.82 Å². The number of fused-ring (bicyclic) bond motifs is 1. The molecule has 1 saturated carbocycles. The minimum Gasteiger partial charge on any atom is -0.332 e. The summed E-state index contributed by atoms with van der Waals surface area (Å²) in [5, 5.41) is 5.15. The molecule has 2 aromatic carbocycles. The molecule has 4 rings (SSSR count). The summed E-state index contributed by atoms with van der Waals surface area (Å²) in [6.45, 7) is 0. The second kappa shape index (κ2) is 6.09. The number of hydrogen-bond acceptors (Lipinski definition) is 3. The van der Waals surface area contributed by atoms with Gasteiger partial charge in [-0.25, -0.2) is 4.98 Å². The molecular formula is C19H20N4O. The molecule has 24 heavy (non-hydrogen) atoms. The molecule has 0 spiro atoms. The van der Waals surface area contributed by atoms with Crippen molar-refractivity contribution in [2.75, 3.05) is 5.32 Å². The van der Waals surface area contributed by atoms with Gasteiger partial charge in [0.1, 0.15) is 0 Å². The lowest BCUT2D eigenvalue weighted by Gasteiger charge is -2.33.